The summed E-state index contributed by atoms with van der Waals surface area (Å²) in [7, 11) is 0. The second kappa shape index (κ2) is 10.1. The number of aromatic nitrogens is 11. The van der Waals surface area contributed by atoms with Gasteiger partial charge in [0.1, 0.15) is 11.0 Å². The Morgan fingerprint density at radius 1 is 0.795 bits per heavy atom. The van der Waals surface area contributed by atoms with Gasteiger partial charge in [-0.3, -0.25) is 24.8 Å². The van der Waals surface area contributed by atoms with Crippen molar-refractivity contribution in [3.63, 3.8) is 0 Å². The summed E-state index contributed by atoms with van der Waals surface area (Å²) in [5, 5.41) is 32.3. The van der Waals surface area contributed by atoms with Gasteiger partial charge in [0, 0.05) is 35.9 Å². The van der Waals surface area contributed by atoms with Crippen molar-refractivity contribution in [2.24, 2.45) is 11.8 Å². The molecule has 0 spiro atoms. The molecule has 1 fully saturated rings. The van der Waals surface area contributed by atoms with Gasteiger partial charge < -0.3 is 10.6 Å². The van der Waals surface area contributed by atoms with Crippen molar-refractivity contribution >= 4 is 56.1 Å². The molecule has 7 aromatic rings. The van der Waals surface area contributed by atoms with E-state index in [-0.39, 0.29) is 0 Å². The third-order valence-electron chi connectivity index (χ3n) is 9.07. The fraction of sp³-hybridized carbons (Fsp3) is 0.323. The Morgan fingerprint density at radius 3 is 2.55 bits per heavy atom. The van der Waals surface area contributed by atoms with Crippen molar-refractivity contribution in [3.05, 3.63) is 66.5 Å². The van der Waals surface area contributed by atoms with Crippen molar-refractivity contribution in [3.8, 4) is 0 Å². The molecule has 0 atom stereocenters. The van der Waals surface area contributed by atoms with Gasteiger partial charge in [-0.15, -0.1) is 0 Å². The van der Waals surface area contributed by atoms with Gasteiger partial charge in [-0.05, 0) is 74.6 Å². The normalized spacial score (nSPS) is 18.1. The first-order valence-corrected chi connectivity index (χ1v) is 15.3. The Morgan fingerprint density at radius 2 is 1.59 bits per heavy atom. The SMILES string of the molecule is c1cnc2c(Nc3cnc4c(cnn4CC4CC(Cn5ncc6ncc(Nc7n[nH]c8c7CCCC8)cc65)C4)c3)n[nH]c2c1. The maximum Gasteiger partial charge on any atom is 0.178 e. The number of aryl methyl sites for hydroxylation is 1. The van der Waals surface area contributed by atoms with Crippen LogP contribution in [0.15, 0.2) is 55.2 Å². The van der Waals surface area contributed by atoms with Crippen LogP contribution in [0, 0.1) is 11.8 Å². The topological polar surface area (TPSA) is 156 Å². The smallest absolute Gasteiger partial charge is 0.178 e. The maximum atomic E-state index is 4.73. The molecule has 2 aliphatic rings. The van der Waals surface area contributed by atoms with Crippen LogP contribution >= 0.6 is 0 Å². The van der Waals surface area contributed by atoms with E-state index in [9.17, 15) is 0 Å². The zero-order chi connectivity index (χ0) is 29.0. The number of hydrogen-bond donors (Lipinski definition) is 4. The summed E-state index contributed by atoms with van der Waals surface area (Å²) in [4.78, 5) is 13.8. The molecule has 0 aromatic carbocycles. The van der Waals surface area contributed by atoms with E-state index in [1.54, 1.807) is 6.20 Å². The number of hydrogen-bond acceptors (Lipinski definition) is 9. The number of rotatable bonds is 8. The quantitative estimate of drug-likeness (QED) is 0.187. The molecule has 0 bridgehead atoms. The van der Waals surface area contributed by atoms with Gasteiger partial charge in [0.2, 0.25) is 0 Å². The van der Waals surface area contributed by atoms with Crippen LogP contribution in [0.4, 0.5) is 23.0 Å². The minimum atomic E-state index is 0.562. The molecule has 9 rings (SSSR count). The lowest BCUT2D eigenvalue weighted by atomic mass is 9.75. The summed E-state index contributed by atoms with van der Waals surface area (Å²) >= 11 is 0. The molecule has 0 amide bonds. The lowest BCUT2D eigenvalue weighted by Crippen LogP contribution is -2.31. The molecular formula is C31H31N13. The Kier molecular flexibility index (Phi) is 5.81. The van der Waals surface area contributed by atoms with Crippen LogP contribution in [0.5, 0.6) is 0 Å². The van der Waals surface area contributed by atoms with E-state index in [1.807, 2.05) is 41.6 Å². The van der Waals surface area contributed by atoms with Gasteiger partial charge in [0.25, 0.3) is 0 Å². The highest BCUT2D eigenvalue weighted by Crippen LogP contribution is 2.37. The molecular weight excluding hydrogens is 554 g/mol. The van der Waals surface area contributed by atoms with Gasteiger partial charge in [0.15, 0.2) is 17.3 Å². The summed E-state index contributed by atoms with van der Waals surface area (Å²) in [6.07, 6.45) is 16.0. The van der Waals surface area contributed by atoms with Crippen LogP contribution < -0.4 is 10.6 Å². The molecule has 0 radical (unpaired) electrons. The molecule has 0 unspecified atom stereocenters. The van der Waals surface area contributed by atoms with Crippen LogP contribution in [0.1, 0.15) is 36.9 Å². The van der Waals surface area contributed by atoms with Crippen LogP contribution in [0.3, 0.4) is 0 Å². The first-order valence-electron chi connectivity index (χ1n) is 15.3. The second-order valence-corrected chi connectivity index (χ2v) is 12.1. The van der Waals surface area contributed by atoms with Crippen LogP contribution in [0.2, 0.25) is 0 Å². The largest absolute Gasteiger partial charge is 0.337 e. The van der Waals surface area contributed by atoms with E-state index >= 15 is 0 Å². The second-order valence-electron chi connectivity index (χ2n) is 12.1. The number of aromatic amines is 2. The average Bonchev–Trinajstić information content (AvgIpc) is 3.83. The number of pyridine rings is 3. The summed E-state index contributed by atoms with van der Waals surface area (Å²) in [5.41, 5.74) is 8.90. The first-order chi connectivity index (χ1) is 21.7. The van der Waals surface area contributed by atoms with Crippen molar-refractivity contribution in [2.75, 3.05) is 10.6 Å². The van der Waals surface area contributed by atoms with Crippen molar-refractivity contribution in [1.82, 2.24) is 54.9 Å². The summed E-state index contributed by atoms with van der Waals surface area (Å²) in [6, 6.07) is 8.04. The Balaban J connectivity index is 0.844. The molecule has 0 saturated heterocycles. The number of nitrogens with zero attached hydrogens (tertiary/aromatic N) is 9. The molecule has 220 valence electrons. The molecule has 13 nitrogen and oxygen atoms in total. The van der Waals surface area contributed by atoms with Crippen molar-refractivity contribution in [1.29, 1.82) is 0 Å². The first kappa shape index (κ1) is 25.2. The van der Waals surface area contributed by atoms with Crippen molar-refractivity contribution in [2.45, 2.75) is 51.6 Å². The molecule has 2 aliphatic carbocycles. The summed E-state index contributed by atoms with van der Waals surface area (Å²) < 4.78 is 4.14. The molecule has 4 N–H and O–H groups in total. The van der Waals surface area contributed by atoms with Crippen LogP contribution in [-0.4, -0.2) is 54.9 Å². The molecule has 7 heterocycles. The predicted octanol–water partition coefficient (Wildman–Crippen LogP) is 5.26. The lowest BCUT2D eigenvalue weighted by Gasteiger charge is -2.35. The van der Waals surface area contributed by atoms with E-state index in [1.165, 1.54) is 24.1 Å². The van der Waals surface area contributed by atoms with E-state index in [2.05, 4.69) is 68.0 Å². The van der Waals surface area contributed by atoms with Crippen molar-refractivity contribution < 1.29 is 0 Å². The van der Waals surface area contributed by atoms with Gasteiger partial charge in [-0.25, -0.2) is 9.67 Å². The lowest BCUT2D eigenvalue weighted by molar-refractivity contribution is 0.146. The monoisotopic (exact) mass is 585 g/mol. The Bertz CT molecular complexity index is 2130. The van der Waals surface area contributed by atoms with Gasteiger partial charge in [0.05, 0.1) is 47.2 Å². The third-order valence-corrected chi connectivity index (χ3v) is 9.07. The Hall–Kier alpha value is -5.33. The van der Waals surface area contributed by atoms with Gasteiger partial charge in [-0.2, -0.15) is 20.4 Å². The fourth-order valence-electron chi connectivity index (χ4n) is 6.80. The van der Waals surface area contributed by atoms with E-state index in [0.29, 0.717) is 17.7 Å². The highest BCUT2D eigenvalue weighted by atomic mass is 15.3. The van der Waals surface area contributed by atoms with Crippen LogP contribution in [-0.2, 0) is 25.9 Å². The predicted molar refractivity (Wildman–Crippen MR) is 167 cm³/mol. The molecule has 44 heavy (non-hydrogen) atoms. The highest BCUT2D eigenvalue weighted by Gasteiger charge is 2.31. The zero-order valence-electron chi connectivity index (χ0n) is 24.0. The highest BCUT2D eigenvalue weighted by molar-refractivity contribution is 5.88. The van der Waals surface area contributed by atoms with Gasteiger partial charge >= 0.3 is 0 Å². The third kappa shape index (κ3) is 4.43. The van der Waals surface area contributed by atoms with Crippen LogP contribution in [0.25, 0.3) is 33.1 Å². The number of H-pyrrole nitrogens is 2. The number of fused-ring (bicyclic) bond motifs is 4. The molecule has 7 aromatic heterocycles. The van der Waals surface area contributed by atoms with Gasteiger partial charge in [-0.1, -0.05) is 0 Å². The minimum Gasteiger partial charge on any atom is -0.337 e. The standard InChI is InChI=1S/C31H31N13/c1-2-5-24-23(4-1)29(41-39-24)37-22-11-27-26(33-13-22)15-36-43(27)16-18-8-19(9-18)17-44-31-20(12-35-44)10-21(14-34-31)38-30-28-25(40-42-30)6-3-7-32-28/h3,6-7,10-15,18-19H,1-2,4-5,8-9,16-17H2,(H2,37,39,41)(H2,38,40,42). The van der Waals surface area contributed by atoms with E-state index in [4.69, 9.17) is 4.98 Å². The maximum absolute atomic E-state index is 4.73. The van der Waals surface area contributed by atoms with E-state index < -0.39 is 0 Å². The number of anilines is 4. The number of nitrogens with one attached hydrogen (secondary N) is 4. The summed E-state index contributed by atoms with van der Waals surface area (Å²) in [5.74, 6) is 2.73. The molecule has 1 saturated carbocycles. The fourth-order valence-corrected chi connectivity index (χ4v) is 6.80. The average molecular weight is 586 g/mol. The Labute approximate surface area is 251 Å². The summed E-state index contributed by atoms with van der Waals surface area (Å²) in [6.45, 7) is 1.74. The molecule has 0 aliphatic heterocycles. The van der Waals surface area contributed by atoms with E-state index in [0.717, 1.165) is 89.1 Å². The molecule has 13 heteroatoms. The zero-order valence-corrected chi connectivity index (χ0v) is 24.0. The minimum absolute atomic E-state index is 0.562.